The zero-order chi connectivity index (χ0) is 17.8. The lowest BCUT2D eigenvalue weighted by Crippen LogP contribution is -2.29. The Bertz CT molecular complexity index is 787. The third-order valence-electron chi connectivity index (χ3n) is 3.65. The largest absolute Gasteiger partial charge is 0.486 e. The SMILES string of the molecule is CN(C)c1ccc(NC(=O)C(=O)Nc2ccc3c(c2)OCCO3)cc1. The highest BCUT2D eigenvalue weighted by molar-refractivity contribution is 6.43. The first-order valence-corrected chi connectivity index (χ1v) is 7.82. The molecule has 0 radical (unpaired) electrons. The van der Waals surface area contributed by atoms with Crippen LogP contribution in [0, 0.1) is 0 Å². The van der Waals surface area contributed by atoms with E-state index in [1.54, 1.807) is 30.3 Å². The second-order valence-corrected chi connectivity index (χ2v) is 5.71. The Morgan fingerprint density at radius 1 is 0.840 bits per heavy atom. The lowest BCUT2D eigenvalue weighted by atomic mass is 10.2. The van der Waals surface area contributed by atoms with Gasteiger partial charge in [0, 0.05) is 37.2 Å². The van der Waals surface area contributed by atoms with Crippen LogP contribution in [0.2, 0.25) is 0 Å². The predicted octanol–water partition coefficient (Wildman–Crippen LogP) is 2.10. The summed E-state index contributed by atoms with van der Waals surface area (Å²) in [6.07, 6.45) is 0. The van der Waals surface area contributed by atoms with Gasteiger partial charge < -0.3 is 25.0 Å². The fourth-order valence-electron chi connectivity index (χ4n) is 2.34. The van der Waals surface area contributed by atoms with Gasteiger partial charge in [0.05, 0.1) is 0 Å². The molecule has 25 heavy (non-hydrogen) atoms. The van der Waals surface area contributed by atoms with Crippen LogP contribution in [-0.4, -0.2) is 39.1 Å². The number of anilines is 3. The van der Waals surface area contributed by atoms with E-state index < -0.39 is 11.8 Å². The molecule has 7 nitrogen and oxygen atoms in total. The maximum absolute atomic E-state index is 12.1. The van der Waals surface area contributed by atoms with Crippen LogP contribution in [0.1, 0.15) is 0 Å². The van der Waals surface area contributed by atoms with E-state index in [0.29, 0.717) is 36.1 Å². The molecule has 1 heterocycles. The van der Waals surface area contributed by atoms with E-state index in [2.05, 4.69) is 10.6 Å². The Labute approximate surface area is 145 Å². The van der Waals surface area contributed by atoms with Gasteiger partial charge in [0.15, 0.2) is 11.5 Å². The van der Waals surface area contributed by atoms with E-state index in [1.165, 1.54) is 0 Å². The molecular formula is C18H19N3O4. The Morgan fingerprint density at radius 2 is 1.40 bits per heavy atom. The number of ether oxygens (including phenoxy) is 2. The number of hydrogen-bond acceptors (Lipinski definition) is 5. The number of benzene rings is 2. The van der Waals surface area contributed by atoms with Gasteiger partial charge in [0.25, 0.3) is 0 Å². The second-order valence-electron chi connectivity index (χ2n) is 5.71. The van der Waals surface area contributed by atoms with Crippen molar-refractivity contribution in [1.29, 1.82) is 0 Å². The summed E-state index contributed by atoms with van der Waals surface area (Å²) in [4.78, 5) is 26.0. The van der Waals surface area contributed by atoms with Gasteiger partial charge in [-0.25, -0.2) is 0 Å². The van der Waals surface area contributed by atoms with Gasteiger partial charge in [-0.15, -0.1) is 0 Å². The summed E-state index contributed by atoms with van der Waals surface area (Å²) < 4.78 is 10.9. The van der Waals surface area contributed by atoms with E-state index >= 15 is 0 Å². The highest BCUT2D eigenvalue weighted by Crippen LogP contribution is 2.32. The molecule has 3 rings (SSSR count). The third-order valence-corrected chi connectivity index (χ3v) is 3.65. The Kier molecular flexibility index (Phi) is 4.74. The van der Waals surface area contributed by atoms with Crippen LogP contribution in [0.5, 0.6) is 11.5 Å². The molecule has 1 aliphatic rings. The van der Waals surface area contributed by atoms with Crippen LogP contribution < -0.4 is 25.0 Å². The molecule has 2 aromatic carbocycles. The van der Waals surface area contributed by atoms with Crippen molar-refractivity contribution in [3.63, 3.8) is 0 Å². The highest BCUT2D eigenvalue weighted by Gasteiger charge is 2.17. The van der Waals surface area contributed by atoms with Crippen LogP contribution in [0.3, 0.4) is 0 Å². The van der Waals surface area contributed by atoms with Gasteiger partial charge in [-0.05, 0) is 36.4 Å². The molecule has 7 heteroatoms. The van der Waals surface area contributed by atoms with Crippen molar-refractivity contribution in [2.75, 3.05) is 42.8 Å². The Morgan fingerprint density at radius 3 is 2.04 bits per heavy atom. The van der Waals surface area contributed by atoms with E-state index in [1.807, 2.05) is 31.1 Å². The first-order valence-electron chi connectivity index (χ1n) is 7.82. The molecule has 2 N–H and O–H groups in total. The van der Waals surface area contributed by atoms with Crippen LogP contribution >= 0.6 is 0 Å². The van der Waals surface area contributed by atoms with Gasteiger partial charge in [-0.1, -0.05) is 0 Å². The van der Waals surface area contributed by atoms with Crippen LogP contribution in [0.25, 0.3) is 0 Å². The third kappa shape index (κ3) is 4.00. The van der Waals surface area contributed by atoms with Gasteiger partial charge in [0.2, 0.25) is 0 Å². The van der Waals surface area contributed by atoms with E-state index in [-0.39, 0.29) is 0 Å². The lowest BCUT2D eigenvalue weighted by molar-refractivity contribution is -0.133. The van der Waals surface area contributed by atoms with Gasteiger partial charge >= 0.3 is 11.8 Å². The fourth-order valence-corrected chi connectivity index (χ4v) is 2.34. The molecule has 2 amide bonds. The van der Waals surface area contributed by atoms with Crippen molar-refractivity contribution in [2.24, 2.45) is 0 Å². The first kappa shape index (κ1) is 16.6. The second kappa shape index (κ2) is 7.12. The molecular weight excluding hydrogens is 322 g/mol. The molecule has 130 valence electrons. The predicted molar refractivity (Wildman–Crippen MR) is 95.5 cm³/mol. The number of rotatable bonds is 3. The standard InChI is InChI=1S/C18H19N3O4/c1-21(2)14-6-3-12(4-7-14)19-17(22)18(23)20-13-5-8-15-16(11-13)25-10-9-24-15/h3-8,11H,9-10H2,1-2H3,(H,19,22)(H,20,23). The summed E-state index contributed by atoms with van der Waals surface area (Å²) in [6.45, 7) is 0.946. The summed E-state index contributed by atoms with van der Waals surface area (Å²) in [7, 11) is 3.85. The average Bonchev–Trinajstić information content (AvgIpc) is 2.62. The molecule has 2 aromatic rings. The Hall–Kier alpha value is -3.22. The number of fused-ring (bicyclic) bond motifs is 1. The molecule has 0 saturated carbocycles. The van der Waals surface area contributed by atoms with Crippen molar-refractivity contribution < 1.29 is 19.1 Å². The molecule has 0 spiro atoms. The smallest absolute Gasteiger partial charge is 0.314 e. The normalized spacial score (nSPS) is 12.2. The van der Waals surface area contributed by atoms with Crippen molar-refractivity contribution in [3.8, 4) is 11.5 Å². The van der Waals surface area contributed by atoms with Gasteiger partial charge in [-0.3, -0.25) is 9.59 Å². The number of nitrogens with one attached hydrogen (secondary N) is 2. The lowest BCUT2D eigenvalue weighted by Gasteiger charge is -2.19. The fraction of sp³-hybridized carbons (Fsp3) is 0.222. The maximum Gasteiger partial charge on any atom is 0.314 e. The molecule has 0 fully saturated rings. The number of amides is 2. The Balaban J connectivity index is 1.61. The van der Waals surface area contributed by atoms with Gasteiger partial charge in [0.1, 0.15) is 13.2 Å². The van der Waals surface area contributed by atoms with Crippen molar-refractivity contribution in [2.45, 2.75) is 0 Å². The number of carbonyl (C=O) groups is 2. The average molecular weight is 341 g/mol. The minimum atomic E-state index is -0.756. The van der Waals surface area contributed by atoms with E-state index in [9.17, 15) is 9.59 Å². The summed E-state index contributed by atoms with van der Waals surface area (Å²) in [6, 6.07) is 12.2. The minimum absolute atomic E-state index is 0.452. The molecule has 0 atom stereocenters. The zero-order valence-electron chi connectivity index (χ0n) is 14.0. The molecule has 0 bridgehead atoms. The minimum Gasteiger partial charge on any atom is -0.486 e. The van der Waals surface area contributed by atoms with Crippen LogP contribution in [0.15, 0.2) is 42.5 Å². The molecule has 0 saturated heterocycles. The number of hydrogen-bond donors (Lipinski definition) is 2. The highest BCUT2D eigenvalue weighted by atomic mass is 16.6. The summed E-state index contributed by atoms with van der Waals surface area (Å²) >= 11 is 0. The van der Waals surface area contributed by atoms with Crippen molar-refractivity contribution >= 4 is 28.9 Å². The molecule has 0 aliphatic carbocycles. The molecule has 0 unspecified atom stereocenters. The quantitative estimate of drug-likeness (QED) is 0.836. The van der Waals surface area contributed by atoms with E-state index in [4.69, 9.17) is 9.47 Å². The van der Waals surface area contributed by atoms with Crippen LogP contribution in [0.4, 0.5) is 17.1 Å². The zero-order valence-corrected chi connectivity index (χ0v) is 14.0. The maximum atomic E-state index is 12.1. The van der Waals surface area contributed by atoms with Crippen molar-refractivity contribution in [3.05, 3.63) is 42.5 Å². The van der Waals surface area contributed by atoms with E-state index in [0.717, 1.165) is 5.69 Å². The summed E-state index contributed by atoms with van der Waals surface area (Å²) in [5, 5.41) is 5.11. The first-order chi connectivity index (χ1) is 12.0. The number of nitrogens with zero attached hydrogens (tertiary/aromatic N) is 1. The van der Waals surface area contributed by atoms with Gasteiger partial charge in [-0.2, -0.15) is 0 Å². The molecule has 1 aliphatic heterocycles. The van der Waals surface area contributed by atoms with Crippen molar-refractivity contribution in [1.82, 2.24) is 0 Å². The summed E-state index contributed by atoms with van der Waals surface area (Å²) in [5.41, 5.74) is 2.01. The monoisotopic (exact) mass is 341 g/mol. The van der Waals surface area contributed by atoms with Crippen LogP contribution in [-0.2, 0) is 9.59 Å². The number of carbonyl (C=O) groups excluding carboxylic acids is 2. The summed E-state index contributed by atoms with van der Waals surface area (Å²) in [5.74, 6) is -0.334. The molecule has 0 aromatic heterocycles. The topological polar surface area (TPSA) is 79.9 Å².